The van der Waals surface area contributed by atoms with Crippen LogP contribution < -0.4 is 5.32 Å². The summed E-state index contributed by atoms with van der Waals surface area (Å²) in [5, 5.41) is 2.65. The van der Waals surface area contributed by atoms with E-state index in [4.69, 9.17) is 9.72 Å². The summed E-state index contributed by atoms with van der Waals surface area (Å²) in [6.45, 7) is 0.614. The van der Waals surface area contributed by atoms with Crippen LogP contribution in [-0.4, -0.2) is 33.7 Å². The molecule has 5 rings (SSSR count). The Hall–Kier alpha value is -4.14. The first-order chi connectivity index (χ1) is 18.8. The lowest BCUT2D eigenvalue weighted by molar-refractivity contribution is -0.207. The highest BCUT2D eigenvalue weighted by molar-refractivity contribution is 5.96. The van der Waals surface area contributed by atoms with Gasteiger partial charge < -0.3 is 14.6 Å². The lowest BCUT2D eigenvalue weighted by Crippen LogP contribution is -2.42. The van der Waals surface area contributed by atoms with Crippen LogP contribution >= 0.6 is 0 Å². The number of benzene rings is 3. The summed E-state index contributed by atoms with van der Waals surface area (Å²) in [5.41, 5.74) is 4.15. The molecule has 0 radical (unpaired) electrons. The molecule has 1 saturated carbocycles. The minimum absolute atomic E-state index is 0.387. The van der Waals surface area contributed by atoms with Crippen molar-refractivity contribution in [1.29, 1.82) is 0 Å². The second-order valence-corrected chi connectivity index (χ2v) is 9.78. The predicted molar refractivity (Wildman–Crippen MR) is 142 cm³/mol. The van der Waals surface area contributed by atoms with Gasteiger partial charge in [0.2, 0.25) is 0 Å². The van der Waals surface area contributed by atoms with Crippen molar-refractivity contribution in [2.24, 2.45) is 5.92 Å². The van der Waals surface area contributed by atoms with Crippen LogP contribution in [0.25, 0.3) is 22.4 Å². The highest BCUT2D eigenvalue weighted by Crippen LogP contribution is 2.31. The van der Waals surface area contributed by atoms with Gasteiger partial charge in [0.1, 0.15) is 5.82 Å². The van der Waals surface area contributed by atoms with E-state index in [1.165, 1.54) is 0 Å². The van der Waals surface area contributed by atoms with Crippen molar-refractivity contribution in [2.75, 3.05) is 5.32 Å². The van der Waals surface area contributed by atoms with Gasteiger partial charge in [-0.3, -0.25) is 4.79 Å². The number of alkyl halides is 3. The van der Waals surface area contributed by atoms with Crippen molar-refractivity contribution in [2.45, 2.75) is 50.9 Å². The molecule has 1 atom stereocenters. The summed E-state index contributed by atoms with van der Waals surface area (Å²) in [7, 11) is 0. The number of halogens is 3. The van der Waals surface area contributed by atoms with Crippen LogP contribution in [0.15, 0.2) is 78.9 Å². The Bertz CT molecular complexity index is 1440. The van der Waals surface area contributed by atoms with E-state index >= 15 is 0 Å². The number of amides is 1. The first kappa shape index (κ1) is 26.5. The van der Waals surface area contributed by atoms with Crippen LogP contribution in [-0.2, 0) is 20.9 Å². The standard InChI is InChI=1S/C30H28F3N3O3/c31-30(32,33)29(38)39-26(21-11-5-2-6-12-21)28(37)34-23-17-15-22(16-18-23)27-35-24-13-7-8-14-25(24)36(27)19-20-9-3-1-4-10-20/h1,3-4,7-10,13-18,21,26H,2,5-6,11-12,19H2,(H,34,37). The number of carbonyl (C=O) groups is 2. The zero-order chi connectivity index (χ0) is 27.4. The number of esters is 1. The molecule has 0 aliphatic heterocycles. The van der Waals surface area contributed by atoms with Crippen LogP contribution in [0.2, 0.25) is 0 Å². The van der Waals surface area contributed by atoms with E-state index in [2.05, 4.69) is 9.88 Å². The maximum atomic E-state index is 13.0. The van der Waals surface area contributed by atoms with E-state index in [0.29, 0.717) is 25.1 Å². The van der Waals surface area contributed by atoms with Crippen molar-refractivity contribution >= 4 is 28.6 Å². The van der Waals surface area contributed by atoms with Crippen molar-refractivity contribution in [3.8, 4) is 11.4 Å². The summed E-state index contributed by atoms with van der Waals surface area (Å²) >= 11 is 0. The smallest absolute Gasteiger partial charge is 0.445 e. The maximum Gasteiger partial charge on any atom is 0.490 e. The van der Waals surface area contributed by atoms with E-state index in [1.807, 2.05) is 54.6 Å². The molecular weight excluding hydrogens is 507 g/mol. The summed E-state index contributed by atoms with van der Waals surface area (Å²) in [6, 6.07) is 24.8. The molecular formula is C30H28F3N3O3. The number of aromatic nitrogens is 2. The Morgan fingerprint density at radius 1 is 0.923 bits per heavy atom. The number of hydrogen-bond acceptors (Lipinski definition) is 4. The third kappa shape index (κ3) is 6.13. The van der Waals surface area contributed by atoms with E-state index in [1.54, 1.807) is 24.3 Å². The van der Waals surface area contributed by atoms with Crippen molar-refractivity contribution in [3.05, 3.63) is 84.4 Å². The van der Waals surface area contributed by atoms with E-state index < -0.39 is 30.1 Å². The Balaban J connectivity index is 1.38. The molecule has 202 valence electrons. The third-order valence-corrected chi connectivity index (χ3v) is 7.05. The van der Waals surface area contributed by atoms with Gasteiger partial charge in [0.15, 0.2) is 6.10 Å². The molecule has 1 fully saturated rings. The lowest BCUT2D eigenvalue weighted by Gasteiger charge is -2.29. The minimum Gasteiger partial charge on any atom is -0.445 e. The summed E-state index contributed by atoms with van der Waals surface area (Å²) in [6.07, 6.45) is -3.13. The van der Waals surface area contributed by atoms with Crippen molar-refractivity contribution in [3.63, 3.8) is 0 Å². The molecule has 1 aliphatic rings. The Labute approximate surface area is 223 Å². The van der Waals surface area contributed by atoms with Crippen LogP contribution in [0.4, 0.5) is 18.9 Å². The molecule has 1 aromatic heterocycles. The van der Waals surface area contributed by atoms with Crippen LogP contribution in [0.3, 0.4) is 0 Å². The maximum absolute atomic E-state index is 13.0. The fourth-order valence-electron chi connectivity index (χ4n) is 5.12. The fourth-order valence-corrected chi connectivity index (χ4v) is 5.12. The predicted octanol–water partition coefficient (Wildman–Crippen LogP) is 6.74. The lowest BCUT2D eigenvalue weighted by atomic mass is 9.85. The van der Waals surface area contributed by atoms with E-state index in [-0.39, 0.29) is 0 Å². The van der Waals surface area contributed by atoms with Crippen LogP contribution in [0.1, 0.15) is 37.7 Å². The average molecular weight is 536 g/mol. The zero-order valence-corrected chi connectivity index (χ0v) is 21.2. The number of hydrogen-bond donors (Lipinski definition) is 1. The first-order valence-electron chi connectivity index (χ1n) is 13.0. The number of para-hydroxylation sites is 2. The Morgan fingerprint density at radius 3 is 2.28 bits per heavy atom. The molecule has 1 amide bonds. The molecule has 0 bridgehead atoms. The van der Waals surface area contributed by atoms with Gasteiger partial charge in [-0.15, -0.1) is 0 Å². The van der Waals surface area contributed by atoms with Gasteiger partial charge in [0, 0.05) is 23.7 Å². The third-order valence-electron chi connectivity index (χ3n) is 7.05. The minimum atomic E-state index is -5.17. The van der Waals surface area contributed by atoms with Crippen molar-refractivity contribution in [1.82, 2.24) is 9.55 Å². The second kappa shape index (κ2) is 11.3. The number of nitrogens with zero attached hydrogens (tertiary/aromatic N) is 2. The zero-order valence-electron chi connectivity index (χ0n) is 21.2. The van der Waals surface area contributed by atoms with Gasteiger partial charge in [-0.05, 0) is 54.8 Å². The van der Waals surface area contributed by atoms with Crippen LogP contribution in [0, 0.1) is 5.92 Å². The van der Waals surface area contributed by atoms with Gasteiger partial charge in [-0.2, -0.15) is 13.2 Å². The molecule has 0 spiro atoms. The summed E-state index contributed by atoms with van der Waals surface area (Å²) < 4.78 is 45.5. The molecule has 1 aliphatic carbocycles. The molecule has 0 saturated heterocycles. The molecule has 1 heterocycles. The molecule has 9 heteroatoms. The van der Waals surface area contributed by atoms with Gasteiger partial charge in [0.25, 0.3) is 5.91 Å². The van der Waals surface area contributed by atoms with E-state index in [9.17, 15) is 22.8 Å². The monoisotopic (exact) mass is 535 g/mol. The largest absolute Gasteiger partial charge is 0.490 e. The first-order valence-corrected chi connectivity index (χ1v) is 13.0. The van der Waals surface area contributed by atoms with Gasteiger partial charge in [-0.1, -0.05) is 61.7 Å². The Morgan fingerprint density at radius 2 is 1.59 bits per heavy atom. The summed E-state index contributed by atoms with van der Waals surface area (Å²) in [5.74, 6) is -2.82. The molecule has 4 aromatic rings. The second-order valence-electron chi connectivity index (χ2n) is 9.78. The Kier molecular flexibility index (Phi) is 7.67. The molecule has 6 nitrogen and oxygen atoms in total. The SMILES string of the molecule is O=C(Nc1ccc(-c2nc3ccccc3n2Cc2ccccc2)cc1)C(OC(=O)C(F)(F)F)C1CCCCC1. The fraction of sp³-hybridized carbons (Fsp3) is 0.300. The molecule has 3 aromatic carbocycles. The highest BCUT2D eigenvalue weighted by Gasteiger charge is 2.45. The molecule has 39 heavy (non-hydrogen) atoms. The number of ether oxygens (including phenoxy) is 1. The normalized spacial score (nSPS) is 15.2. The van der Waals surface area contributed by atoms with Gasteiger partial charge in [0.05, 0.1) is 11.0 Å². The van der Waals surface area contributed by atoms with Gasteiger partial charge >= 0.3 is 12.1 Å². The molecule has 1 unspecified atom stereocenters. The summed E-state index contributed by atoms with van der Waals surface area (Å²) in [4.78, 5) is 29.4. The topological polar surface area (TPSA) is 73.2 Å². The number of anilines is 1. The number of imidazole rings is 1. The number of fused-ring (bicyclic) bond motifs is 1. The van der Waals surface area contributed by atoms with Crippen LogP contribution in [0.5, 0.6) is 0 Å². The average Bonchev–Trinajstić information content (AvgIpc) is 3.30. The van der Waals surface area contributed by atoms with Crippen molar-refractivity contribution < 1.29 is 27.5 Å². The molecule has 1 N–H and O–H groups in total. The number of nitrogens with one attached hydrogen (secondary N) is 1. The number of rotatable bonds is 7. The number of carbonyl (C=O) groups excluding carboxylic acids is 2. The van der Waals surface area contributed by atoms with E-state index in [0.717, 1.165) is 47.2 Å². The highest BCUT2D eigenvalue weighted by atomic mass is 19.4. The quantitative estimate of drug-likeness (QED) is 0.266. The van der Waals surface area contributed by atoms with Gasteiger partial charge in [-0.25, -0.2) is 9.78 Å².